The molecule has 1 aliphatic rings. The predicted molar refractivity (Wildman–Crippen MR) is 155 cm³/mol. The van der Waals surface area contributed by atoms with Gasteiger partial charge in [-0.25, -0.2) is 4.39 Å². The summed E-state index contributed by atoms with van der Waals surface area (Å²) < 4.78 is 44.3. The molecule has 1 aromatic carbocycles. The number of aryl methyl sites for hydroxylation is 1. The van der Waals surface area contributed by atoms with Crippen LogP contribution in [0.2, 0.25) is 0 Å². The molecule has 13 nitrogen and oxygen atoms in total. The van der Waals surface area contributed by atoms with E-state index in [1.54, 1.807) is 19.0 Å². The average Bonchev–Trinajstić information content (AvgIpc) is 3.73. The van der Waals surface area contributed by atoms with Gasteiger partial charge in [0.15, 0.2) is 17.3 Å². The SMILES string of the molecule is [2H]C([2H])([2H])NC(=O)c1nnc(NC(=O)C2CC2)cc1Nc1cc(F)cc(-c2cc(C(=O)N(C)CCCN(C)C)n(C)n2)c1OC. The van der Waals surface area contributed by atoms with Crippen LogP contribution in [0.15, 0.2) is 24.3 Å². The molecule has 3 aromatic rings. The Bertz CT molecular complexity index is 1590. The molecule has 3 N–H and O–H groups in total. The summed E-state index contributed by atoms with van der Waals surface area (Å²) in [6.07, 6.45) is 2.25. The minimum Gasteiger partial charge on any atom is -0.494 e. The van der Waals surface area contributed by atoms with Gasteiger partial charge in [0.1, 0.15) is 11.5 Å². The molecule has 1 aliphatic carbocycles. The Labute approximate surface area is 247 Å². The zero-order valence-corrected chi connectivity index (χ0v) is 24.1. The summed E-state index contributed by atoms with van der Waals surface area (Å²) in [6.45, 7) is -1.49. The van der Waals surface area contributed by atoms with Crippen molar-refractivity contribution in [2.24, 2.45) is 13.0 Å². The van der Waals surface area contributed by atoms with E-state index in [4.69, 9.17) is 8.85 Å². The average molecular weight is 585 g/mol. The van der Waals surface area contributed by atoms with Crippen molar-refractivity contribution in [3.63, 3.8) is 0 Å². The monoisotopic (exact) mass is 584 g/mol. The number of carbonyl (C=O) groups excluding carboxylic acids is 3. The fourth-order valence-electron chi connectivity index (χ4n) is 4.31. The van der Waals surface area contributed by atoms with Crippen LogP contribution in [0.25, 0.3) is 11.3 Å². The topological polar surface area (TPSA) is 147 Å². The van der Waals surface area contributed by atoms with Gasteiger partial charge in [0, 0.05) is 55.3 Å². The molecule has 2 aromatic heterocycles. The highest BCUT2D eigenvalue weighted by Crippen LogP contribution is 2.39. The second-order valence-corrected chi connectivity index (χ2v) is 10.3. The molecule has 0 saturated heterocycles. The van der Waals surface area contributed by atoms with E-state index in [0.717, 1.165) is 31.9 Å². The largest absolute Gasteiger partial charge is 0.494 e. The van der Waals surface area contributed by atoms with Gasteiger partial charge in [-0.05, 0) is 52.0 Å². The van der Waals surface area contributed by atoms with Crippen LogP contribution in [-0.2, 0) is 11.8 Å². The van der Waals surface area contributed by atoms with E-state index in [2.05, 4.69) is 25.9 Å². The third-order valence-corrected chi connectivity index (χ3v) is 6.67. The van der Waals surface area contributed by atoms with Gasteiger partial charge in [0.2, 0.25) is 5.91 Å². The number of ether oxygens (including phenoxy) is 1. The van der Waals surface area contributed by atoms with E-state index in [9.17, 15) is 14.4 Å². The van der Waals surface area contributed by atoms with Crippen LogP contribution in [0.1, 0.15) is 44.4 Å². The Hall–Kier alpha value is -4.59. The van der Waals surface area contributed by atoms with E-state index in [-0.39, 0.29) is 57.6 Å². The Balaban J connectivity index is 1.70. The number of methoxy groups -OCH3 is 1. The fourth-order valence-corrected chi connectivity index (χ4v) is 4.31. The lowest BCUT2D eigenvalue weighted by Crippen LogP contribution is -2.31. The highest BCUT2D eigenvalue weighted by Gasteiger charge is 2.30. The zero-order chi connectivity index (χ0) is 33.1. The molecule has 1 fully saturated rings. The number of amides is 3. The first kappa shape index (κ1) is 26.3. The lowest BCUT2D eigenvalue weighted by atomic mass is 10.1. The van der Waals surface area contributed by atoms with Crippen LogP contribution in [0.4, 0.5) is 21.6 Å². The van der Waals surface area contributed by atoms with E-state index < -0.39 is 24.4 Å². The Morgan fingerprint density at radius 3 is 2.55 bits per heavy atom. The maximum atomic E-state index is 15.1. The van der Waals surface area contributed by atoms with Crippen LogP contribution < -0.4 is 20.7 Å². The maximum absolute atomic E-state index is 15.1. The molecule has 0 spiro atoms. The smallest absolute Gasteiger partial charge is 0.273 e. The number of hydrogen-bond acceptors (Lipinski definition) is 9. The number of rotatable bonds is 12. The van der Waals surface area contributed by atoms with Crippen LogP contribution in [-0.4, -0.2) is 95.8 Å². The number of nitrogens with one attached hydrogen (secondary N) is 3. The number of nitrogens with zero attached hydrogens (tertiary/aromatic N) is 6. The summed E-state index contributed by atoms with van der Waals surface area (Å²) in [4.78, 5) is 42.0. The third kappa shape index (κ3) is 7.00. The second-order valence-electron chi connectivity index (χ2n) is 10.3. The first-order valence-electron chi connectivity index (χ1n) is 14.8. The fraction of sp³-hybridized carbons (Fsp3) is 0.429. The van der Waals surface area contributed by atoms with Crippen molar-refractivity contribution in [3.05, 3.63) is 41.5 Å². The summed E-state index contributed by atoms with van der Waals surface area (Å²) in [6, 6.07) is 5.11. The number of carbonyl (C=O) groups is 3. The Morgan fingerprint density at radius 1 is 1.12 bits per heavy atom. The Kier molecular flexibility index (Phi) is 8.11. The highest BCUT2D eigenvalue weighted by molar-refractivity contribution is 6.00. The van der Waals surface area contributed by atoms with E-state index >= 15 is 4.39 Å². The minimum atomic E-state index is -2.83. The molecule has 1 saturated carbocycles. The molecule has 0 radical (unpaired) electrons. The Morgan fingerprint density at radius 2 is 1.88 bits per heavy atom. The van der Waals surface area contributed by atoms with Crippen LogP contribution in [0, 0.1) is 11.7 Å². The van der Waals surface area contributed by atoms with Crippen molar-refractivity contribution >= 4 is 34.9 Å². The molecule has 0 atom stereocenters. The van der Waals surface area contributed by atoms with Crippen molar-refractivity contribution in [1.82, 2.24) is 35.1 Å². The molecule has 0 aliphatic heterocycles. The molecular formula is C28H36FN9O4. The molecular weight excluding hydrogens is 545 g/mol. The summed E-state index contributed by atoms with van der Waals surface area (Å²) >= 11 is 0. The summed E-state index contributed by atoms with van der Waals surface area (Å²) in [5.41, 5.74) is 0.240. The van der Waals surface area contributed by atoms with Crippen molar-refractivity contribution in [3.8, 4) is 17.0 Å². The predicted octanol–water partition coefficient (Wildman–Crippen LogP) is 2.50. The molecule has 4 rings (SSSR count). The first-order valence-corrected chi connectivity index (χ1v) is 13.3. The normalized spacial score (nSPS) is 14.0. The van der Waals surface area contributed by atoms with Gasteiger partial charge >= 0.3 is 0 Å². The lowest BCUT2D eigenvalue weighted by molar-refractivity contribution is -0.117. The highest BCUT2D eigenvalue weighted by atomic mass is 19.1. The zero-order valence-electron chi connectivity index (χ0n) is 27.1. The van der Waals surface area contributed by atoms with Crippen molar-refractivity contribution < 1.29 is 27.6 Å². The number of halogens is 1. The molecule has 224 valence electrons. The number of anilines is 3. The van der Waals surface area contributed by atoms with Crippen LogP contribution in [0.3, 0.4) is 0 Å². The first-order chi connectivity index (χ1) is 21.2. The van der Waals surface area contributed by atoms with Gasteiger partial charge in [-0.1, -0.05) is 0 Å². The van der Waals surface area contributed by atoms with E-state index in [1.807, 2.05) is 24.3 Å². The summed E-state index contributed by atoms with van der Waals surface area (Å²) in [5, 5.41) is 19.5. The minimum absolute atomic E-state index is 0.00184. The molecule has 0 unspecified atom stereocenters. The third-order valence-electron chi connectivity index (χ3n) is 6.67. The van der Waals surface area contributed by atoms with Gasteiger partial charge in [-0.15, -0.1) is 10.2 Å². The van der Waals surface area contributed by atoms with Gasteiger partial charge in [-0.3, -0.25) is 19.1 Å². The quantitative estimate of drug-likeness (QED) is 0.292. The molecule has 2 heterocycles. The van der Waals surface area contributed by atoms with Crippen LogP contribution >= 0.6 is 0 Å². The lowest BCUT2D eigenvalue weighted by Gasteiger charge is -2.18. The molecule has 3 amide bonds. The van der Waals surface area contributed by atoms with E-state index in [1.165, 1.54) is 30.0 Å². The summed E-state index contributed by atoms with van der Waals surface area (Å²) in [7, 11) is 8.55. The maximum Gasteiger partial charge on any atom is 0.273 e. The van der Waals surface area contributed by atoms with Crippen LogP contribution in [0.5, 0.6) is 5.75 Å². The standard InChI is InChI=1S/C28H36FN9O4/c1-30-27(40)24-20(15-23(33-34-24)32-26(39)16-8-9-16)31-21-13-17(29)12-18(25(21)42-6)19-14-22(38(5)35-19)28(41)37(4)11-7-10-36(2)3/h12-16H,7-11H2,1-6H3,(H,30,40)(H2,31,32,33,39)/i1D3. The van der Waals surface area contributed by atoms with Gasteiger partial charge in [0.25, 0.3) is 11.8 Å². The summed E-state index contributed by atoms with van der Waals surface area (Å²) in [5.74, 6) is -2.37. The second kappa shape index (κ2) is 12.9. The van der Waals surface area contributed by atoms with Crippen molar-refractivity contribution in [2.45, 2.75) is 19.3 Å². The van der Waals surface area contributed by atoms with Crippen molar-refractivity contribution in [2.75, 3.05) is 59.0 Å². The molecule has 0 bridgehead atoms. The van der Waals surface area contributed by atoms with Gasteiger partial charge < -0.3 is 30.5 Å². The van der Waals surface area contributed by atoms with Gasteiger partial charge in [-0.2, -0.15) is 5.10 Å². The number of aromatic nitrogens is 4. The van der Waals surface area contributed by atoms with Crippen molar-refractivity contribution in [1.29, 1.82) is 0 Å². The van der Waals surface area contributed by atoms with Gasteiger partial charge in [0.05, 0.1) is 24.2 Å². The molecule has 42 heavy (non-hydrogen) atoms. The molecule has 14 heteroatoms. The number of benzene rings is 1. The van der Waals surface area contributed by atoms with E-state index in [0.29, 0.717) is 6.54 Å². The number of hydrogen-bond donors (Lipinski definition) is 3.